The fourth-order valence-electron chi connectivity index (χ4n) is 4.01. The molecule has 1 amide bonds. The normalized spacial score (nSPS) is 15.9. The Bertz CT molecular complexity index is 1150. The van der Waals surface area contributed by atoms with Gasteiger partial charge in [0.2, 0.25) is 5.91 Å². The Morgan fingerprint density at radius 2 is 1.87 bits per heavy atom. The quantitative estimate of drug-likeness (QED) is 0.649. The Hall–Kier alpha value is -2.54. The van der Waals surface area contributed by atoms with Crippen LogP contribution in [0.25, 0.3) is 10.2 Å². The molecule has 2 N–H and O–H groups in total. The summed E-state index contributed by atoms with van der Waals surface area (Å²) < 4.78 is 1.06. The number of thiophene rings is 1. The van der Waals surface area contributed by atoms with Gasteiger partial charge < -0.3 is 5.73 Å². The molecule has 2 heterocycles. The number of rotatable bonds is 2. The molecule has 2 aromatic heterocycles. The SMILES string of the molecule is CC(C)(C)C1CCc2c(sc3nnn(CC(N)=O)c(=O)c23)C1.Cc1cccc(C)c1C. The van der Waals surface area contributed by atoms with Crippen LogP contribution in [0.3, 0.4) is 0 Å². The van der Waals surface area contributed by atoms with Crippen LogP contribution >= 0.6 is 11.3 Å². The highest BCUT2D eigenvalue weighted by Crippen LogP contribution is 2.41. The number of carbonyl (C=O) groups is 1. The number of carbonyl (C=O) groups excluding carboxylic acids is 1. The summed E-state index contributed by atoms with van der Waals surface area (Å²) in [5.74, 6) is 0.0153. The summed E-state index contributed by atoms with van der Waals surface area (Å²) in [6, 6.07) is 6.38. The molecule has 0 radical (unpaired) electrons. The summed E-state index contributed by atoms with van der Waals surface area (Å²) in [6.07, 6.45) is 2.93. The van der Waals surface area contributed by atoms with Crippen molar-refractivity contribution in [2.45, 2.75) is 67.3 Å². The summed E-state index contributed by atoms with van der Waals surface area (Å²) >= 11 is 1.56. The average Bonchev–Trinajstić information content (AvgIpc) is 3.06. The minimum absolute atomic E-state index is 0.225. The minimum atomic E-state index is -0.590. The number of benzene rings is 1. The van der Waals surface area contributed by atoms with E-state index in [2.05, 4.69) is 70.1 Å². The molecule has 0 saturated heterocycles. The monoisotopic (exact) mass is 440 g/mol. The third kappa shape index (κ3) is 5.03. The second kappa shape index (κ2) is 8.91. The molecule has 7 heteroatoms. The van der Waals surface area contributed by atoms with E-state index in [1.54, 1.807) is 11.3 Å². The molecule has 1 aliphatic carbocycles. The molecular weight excluding hydrogens is 408 g/mol. The third-order valence-corrected chi connectivity index (χ3v) is 7.48. The molecule has 1 aromatic carbocycles. The number of aromatic nitrogens is 3. The number of primary amides is 1. The zero-order valence-electron chi connectivity index (χ0n) is 19.3. The van der Waals surface area contributed by atoms with Crippen LogP contribution in [-0.4, -0.2) is 20.9 Å². The summed E-state index contributed by atoms with van der Waals surface area (Å²) in [4.78, 5) is 25.5. The highest BCUT2D eigenvalue weighted by Gasteiger charge is 2.31. The van der Waals surface area contributed by atoms with Crippen molar-refractivity contribution in [1.29, 1.82) is 0 Å². The van der Waals surface area contributed by atoms with Crippen LogP contribution in [0, 0.1) is 32.1 Å². The van der Waals surface area contributed by atoms with Crippen molar-refractivity contribution in [2.75, 3.05) is 0 Å². The van der Waals surface area contributed by atoms with Gasteiger partial charge in [0.1, 0.15) is 6.54 Å². The van der Waals surface area contributed by atoms with Gasteiger partial charge in [0.15, 0.2) is 4.83 Å². The van der Waals surface area contributed by atoms with Crippen LogP contribution in [0.5, 0.6) is 0 Å². The van der Waals surface area contributed by atoms with Crippen LogP contribution < -0.4 is 11.3 Å². The van der Waals surface area contributed by atoms with Crippen molar-refractivity contribution in [3.05, 3.63) is 55.7 Å². The van der Waals surface area contributed by atoms with Gasteiger partial charge >= 0.3 is 0 Å². The molecule has 1 unspecified atom stereocenters. The van der Waals surface area contributed by atoms with E-state index in [1.165, 1.54) is 21.6 Å². The van der Waals surface area contributed by atoms with Gasteiger partial charge in [-0.25, -0.2) is 4.68 Å². The van der Waals surface area contributed by atoms with Gasteiger partial charge in [-0.3, -0.25) is 9.59 Å². The van der Waals surface area contributed by atoms with E-state index in [0.29, 0.717) is 16.1 Å². The maximum absolute atomic E-state index is 12.5. The number of nitrogens with zero attached hydrogens (tertiary/aromatic N) is 3. The molecule has 31 heavy (non-hydrogen) atoms. The lowest BCUT2D eigenvalue weighted by Crippen LogP contribution is -2.31. The highest BCUT2D eigenvalue weighted by atomic mass is 32.1. The van der Waals surface area contributed by atoms with Crippen molar-refractivity contribution in [2.24, 2.45) is 17.1 Å². The van der Waals surface area contributed by atoms with E-state index in [1.807, 2.05) is 0 Å². The minimum Gasteiger partial charge on any atom is -0.368 e. The maximum Gasteiger partial charge on any atom is 0.279 e. The second-order valence-corrected chi connectivity index (χ2v) is 10.6. The molecule has 166 valence electrons. The fourth-order valence-corrected chi connectivity index (χ4v) is 5.25. The zero-order chi connectivity index (χ0) is 22.9. The Labute approximate surface area is 187 Å². The van der Waals surface area contributed by atoms with E-state index in [-0.39, 0.29) is 17.5 Å². The first-order valence-corrected chi connectivity index (χ1v) is 11.5. The Morgan fingerprint density at radius 3 is 2.42 bits per heavy atom. The maximum atomic E-state index is 12.5. The molecule has 0 bridgehead atoms. The van der Waals surface area contributed by atoms with Crippen LogP contribution in [0.4, 0.5) is 0 Å². The van der Waals surface area contributed by atoms with Crippen LogP contribution in [0.2, 0.25) is 0 Å². The molecule has 0 aliphatic heterocycles. The van der Waals surface area contributed by atoms with Crippen molar-refractivity contribution < 1.29 is 4.79 Å². The first-order valence-electron chi connectivity index (χ1n) is 10.7. The summed E-state index contributed by atoms with van der Waals surface area (Å²) in [6.45, 7) is 13.0. The zero-order valence-corrected chi connectivity index (χ0v) is 20.1. The van der Waals surface area contributed by atoms with Gasteiger partial charge in [-0.2, -0.15) is 0 Å². The topological polar surface area (TPSA) is 90.9 Å². The highest BCUT2D eigenvalue weighted by molar-refractivity contribution is 7.18. The second-order valence-electron chi connectivity index (χ2n) is 9.53. The summed E-state index contributed by atoms with van der Waals surface area (Å²) in [5.41, 5.74) is 10.4. The molecule has 6 nitrogen and oxygen atoms in total. The third-order valence-electron chi connectivity index (χ3n) is 6.34. The van der Waals surface area contributed by atoms with Crippen LogP contribution in [-0.2, 0) is 24.2 Å². The van der Waals surface area contributed by atoms with Crippen molar-refractivity contribution >= 4 is 27.5 Å². The Morgan fingerprint density at radius 1 is 1.23 bits per heavy atom. The van der Waals surface area contributed by atoms with Crippen molar-refractivity contribution in [1.82, 2.24) is 15.0 Å². The molecule has 4 rings (SSSR count). The van der Waals surface area contributed by atoms with Gasteiger partial charge in [0.05, 0.1) is 5.39 Å². The number of nitrogens with two attached hydrogens (primary N) is 1. The van der Waals surface area contributed by atoms with Gasteiger partial charge in [-0.15, -0.1) is 16.4 Å². The largest absolute Gasteiger partial charge is 0.368 e. The smallest absolute Gasteiger partial charge is 0.279 e. The summed E-state index contributed by atoms with van der Waals surface area (Å²) in [5, 5.41) is 8.56. The fraction of sp³-hybridized carbons (Fsp3) is 0.500. The molecule has 0 saturated carbocycles. The number of hydrogen-bond donors (Lipinski definition) is 1. The van der Waals surface area contributed by atoms with E-state index >= 15 is 0 Å². The average molecular weight is 441 g/mol. The van der Waals surface area contributed by atoms with E-state index < -0.39 is 5.91 Å². The Balaban J connectivity index is 0.000000254. The van der Waals surface area contributed by atoms with Crippen molar-refractivity contribution in [3.63, 3.8) is 0 Å². The van der Waals surface area contributed by atoms with Gasteiger partial charge in [-0.1, -0.05) is 44.2 Å². The van der Waals surface area contributed by atoms with Crippen LogP contribution in [0.15, 0.2) is 23.0 Å². The van der Waals surface area contributed by atoms with Gasteiger partial charge in [-0.05, 0) is 73.6 Å². The first-order chi connectivity index (χ1) is 14.5. The number of fused-ring (bicyclic) bond motifs is 3. The van der Waals surface area contributed by atoms with Gasteiger partial charge in [0.25, 0.3) is 5.56 Å². The standard InChI is InChI=1S/C15H20N4O2S.C9H12/c1-15(2,3)8-4-5-9-10(6-8)22-13-12(9)14(21)19(18-17-13)7-11(16)20;1-7-5-4-6-8(2)9(7)3/h8H,4-7H2,1-3H3,(H2,16,20);4-6H,1-3H3. The van der Waals surface area contributed by atoms with E-state index in [9.17, 15) is 9.59 Å². The number of hydrogen-bond acceptors (Lipinski definition) is 5. The molecule has 0 fully saturated rings. The summed E-state index contributed by atoms with van der Waals surface area (Å²) in [7, 11) is 0. The van der Waals surface area contributed by atoms with E-state index in [4.69, 9.17) is 5.73 Å². The molecule has 0 spiro atoms. The van der Waals surface area contributed by atoms with Crippen molar-refractivity contribution in [3.8, 4) is 0 Å². The predicted molar refractivity (Wildman–Crippen MR) is 126 cm³/mol. The number of amides is 1. The molecule has 1 atom stereocenters. The molecular formula is C24H32N4O2S. The molecule has 1 aliphatic rings. The predicted octanol–water partition coefficient (Wildman–Crippen LogP) is 4.10. The first kappa shape index (κ1) is 23.1. The lowest BCUT2D eigenvalue weighted by Gasteiger charge is -2.33. The van der Waals surface area contributed by atoms with Gasteiger partial charge in [0, 0.05) is 4.88 Å². The van der Waals surface area contributed by atoms with E-state index in [0.717, 1.165) is 29.5 Å². The Kier molecular flexibility index (Phi) is 6.65. The lowest BCUT2D eigenvalue weighted by atomic mass is 9.72. The van der Waals surface area contributed by atoms with Crippen LogP contribution in [0.1, 0.15) is 54.3 Å². The number of aryl methyl sites for hydroxylation is 3. The lowest BCUT2D eigenvalue weighted by molar-refractivity contribution is -0.118. The molecule has 3 aromatic rings.